The number of hydrogen-bond donors (Lipinski definition) is 2. The minimum Gasteiger partial charge on any atom is -0.343 e. The summed E-state index contributed by atoms with van der Waals surface area (Å²) < 4.78 is 25.9. The lowest BCUT2D eigenvalue weighted by atomic mass is 10.1. The number of rotatable bonds is 5. The molecule has 124 valence electrons. The largest absolute Gasteiger partial charge is 0.343 e. The molecule has 0 bridgehead atoms. The van der Waals surface area contributed by atoms with Crippen molar-refractivity contribution in [3.05, 3.63) is 71.3 Å². The molecule has 5 nitrogen and oxygen atoms in total. The maximum absolute atomic E-state index is 13.0. The van der Waals surface area contributed by atoms with Gasteiger partial charge in [0, 0.05) is 5.56 Å². The Bertz CT molecular complexity index is 774. The lowest BCUT2D eigenvalue weighted by Crippen LogP contribution is -2.35. The van der Waals surface area contributed by atoms with Crippen LogP contribution in [0.4, 0.5) is 8.78 Å². The van der Waals surface area contributed by atoms with E-state index in [0.717, 1.165) is 6.07 Å². The first-order valence-electron chi connectivity index (χ1n) is 7.08. The smallest absolute Gasteiger partial charge is 0.259 e. The molecule has 0 aliphatic heterocycles. The first kappa shape index (κ1) is 17.3. The molecule has 0 radical (unpaired) electrons. The second kappa shape index (κ2) is 7.96. The van der Waals surface area contributed by atoms with Gasteiger partial charge in [0.2, 0.25) is 0 Å². The van der Waals surface area contributed by atoms with Gasteiger partial charge >= 0.3 is 0 Å². The van der Waals surface area contributed by atoms with Crippen molar-refractivity contribution in [2.24, 2.45) is 5.10 Å². The van der Waals surface area contributed by atoms with Crippen molar-refractivity contribution in [1.29, 1.82) is 0 Å². The summed E-state index contributed by atoms with van der Waals surface area (Å²) in [5, 5.41) is 6.23. The van der Waals surface area contributed by atoms with Gasteiger partial charge in [0.15, 0.2) is 0 Å². The first-order valence-corrected chi connectivity index (χ1v) is 7.08. The van der Waals surface area contributed by atoms with Crippen LogP contribution in [0.3, 0.4) is 0 Å². The highest BCUT2D eigenvalue weighted by atomic mass is 19.1. The number of benzene rings is 2. The molecule has 0 aliphatic carbocycles. The van der Waals surface area contributed by atoms with Crippen molar-refractivity contribution in [2.45, 2.75) is 6.92 Å². The van der Waals surface area contributed by atoms with Crippen molar-refractivity contribution in [1.82, 2.24) is 10.7 Å². The Morgan fingerprint density at radius 1 is 1.00 bits per heavy atom. The second-order valence-electron chi connectivity index (χ2n) is 4.93. The quantitative estimate of drug-likeness (QED) is 0.651. The highest BCUT2D eigenvalue weighted by Gasteiger charge is 2.08. The Hall–Kier alpha value is -3.09. The van der Waals surface area contributed by atoms with Crippen LogP contribution in [0.15, 0.2) is 53.6 Å². The Kier molecular flexibility index (Phi) is 5.73. The van der Waals surface area contributed by atoms with Gasteiger partial charge in [-0.2, -0.15) is 5.10 Å². The molecular weight excluding hydrogens is 316 g/mol. The molecule has 2 aromatic rings. The summed E-state index contributed by atoms with van der Waals surface area (Å²) in [6.07, 6.45) is 0. The molecule has 24 heavy (non-hydrogen) atoms. The van der Waals surface area contributed by atoms with E-state index in [4.69, 9.17) is 0 Å². The summed E-state index contributed by atoms with van der Waals surface area (Å²) in [7, 11) is 0. The summed E-state index contributed by atoms with van der Waals surface area (Å²) in [6.45, 7) is 1.34. The number of nitrogens with zero attached hydrogens (tertiary/aromatic N) is 1. The fourth-order valence-corrected chi connectivity index (χ4v) is 1.83. The molecule has 0 unspecified atom stereocenters. The van der Waals surface area contributed by atoms with Gasteiger partial charge in [-0.05, 0) is 42.8 Å². The summed E-state index contributed by atoms with van der Waals surface area (Å²) in [5.41, 5.74) is 3.54. The Labute approximate surface area is 137 Å². The Morgan fingerprint density at radius 2 is 1.71 bits per heavy atom. The van der Waals surface area contributed by atoms with Crippen LogP contribution in [-0.4, -0.2) is 24.1 Å². The van der Waals surface area contributed by atoms with E-state index in [2.05, 4.69) is 15.8 Å². The molecule has 2 N–H and O–H groups in total. The van der Waals surface area contributed by atoms with E-state index >= 15 is 0 Å². The Morgan fingerprint density at radius 3 is 2.38 bits per heavy atom. The predicted octanol–water partition coefficient (Wildman–Crippen LogP) is 2.24. The van der Waals surface area contributed by atoms with E-state index in [1.54, 1.807) is 6.92 Å². The molecule has 0 spiro atoms. The zero-order valence-corrected chi connectivity index (χ0v) is 12.8. The molecule has 0 atom stereocenters. The first-order chi connectivity index (χ1) is 11.5. The highest BCUT2D eigenvalue weighted by Crippen LogP contribution is 2.04. The average Bonchev–Trinajstić information content (AvgIpc) is 2.58. The molecule has 7 heteroatoms. The fourth-order valence-electron chi connectivity index (χ4n) is 1.83. The van der Waals surface area contributed by atoms with Gasteiger partial charge in [0.1, 0.15) is 11.6 Å². The van der Waals surface area contributed by atoms with E-state index in [1.165, 1.54) is 42.5 Å². The molecule has 0 heterocycles. The summed E-state index contributed by atoms with van der Waals surface area (Å²) in [4.78, 5) is 23.4. The molecule has 0 saturated carbocycles. The van der Waals surface area contributed by atoms with Gasteiger partial charge in [-0.15, -0.1) is 0 Å². The van der Waals surface area contributed by atoms with E-state index in [-0.39, 0.29) is 17.9 Å². The average molecular weight is 331 g/mol. The molecule has 2 aromatic carbocycles. The zero-order chi connectivity index (χ0) is 17.5. The molecule has 0 saturated heterocycles. The predicted molar refractivity (Wildman–Crippen MR) is 85.5 cm³/mol. The van der Waals surface area contributed by atoms with Crippen molar-refractivity contribution in [2.75, 3.05) is 6.54 Å². The number of hydrogen-bond acceptors (Lipinski definition) is 3. The maximum atomic E-state index is 13.0. The number of hydrazone groups is 1. The monoisotopic (exact) mass is 331 g/mol. The van der Waals surface area contributed by atoms with E-state index in [0.29, 0.717) is 11.3 Å². The van der Waals surface area contributed by atoms with Crippen LogP contribution in [0.25, 0.3) is 0 Å². The SMILES string of the molecule is C/C(=N\NC(=O)CNC(=O)c1cccc(F)c1)c1ccc(F)cc1. The van der Waals surface area contributed by atoms with Crippen molar-refractivity contribution >= 4 is 17.5 Å². The molecular formula is C17H15F2N3O2. The Balaban J connectivity index is 1.86. The van der Waals surface area contributed by atoms with Crippen molar-refractivity contribution in [3.8, 4) is 0 Å². The third-order valence-corrected chi connectivity index (χ3v) is 3.11. The van der Waals surface area contributed by atoms with Gasteiger partial charge in [0.25, 0.3) is 11.8 Å². The third kappa shape index (κ3) is 4.98. The minimum absolute atomic E-state index is 0.119. The minimum atomic E-state index is -0.566. The second-order valence-corrected chi connectivity index (χ2v) is 4.93. The van der Waals surface area contributed by atoms with Crippen LogP contribution in [-0.2, 0) is 4.79 Å². The van der Waals surface area contributed by atoms with Crippen LogP contribution in [0, 0.1) is 11.6 Å². The standard InChI is InChI=1S/C17H15F2N3O2/c1-11(12-5-7-14(18)8-6-12)21-22-16(23)10-20-17(24)13-3-2-4-15(19)9-13/h2-9H,10H2,1H3,(H,20,24)(H,22,23)/b21-11+. The number of carbonyl (C=O) groups is 2. The number of nitrogens with one attached hydrogen (secondary N) is 2. The zero-order valence-electron chi connectivity index (χ0n) is 12.8. The van der Waals surface area contributed by atoms with Crippen LogP contribution in [0.5, 0.6) is 0 Å². The van der Waals surface area contributed by atoms with E-state index in [1.807, 2.05) is 0 Å². The molecule has 0 aliphatic rings. The fraction of sp³-hybridized carbons (Fsp3) is 0.118. The van der Waals surface area contributed by atoms with Crippen LogP contribution in [0.2, 0.25) is 0 Å². The number of halogens is 2. The summed E-state index contributed by atoms with van der Waals surface area (Å²) in [6, 6.07) is 10.8. The highest BCUT2D eigenvalue weighted by molar-refractivity contribution is 5.99. The molecule has 2 amide bonds. The lowest BCUT2D eigenvalue weighted by Gasteiger charge is -2.05. The van der Waals surface area contributed by atoms with Crippen LogP contribution in [0.1, 0.15) is 22.8 Å². The molecule has 0 fully saturated rings. The van der Waals surface area contributed by atoms with Gasteiger partial charge in [0.05, 0.1) is 12.3 Å². The third-order valence-electron chi connectivity index (χ3n) is 3.11. The van der Waals surface area contributed by atoms with E-state index < -0.39 is 17.6 Å². The van der Waals surface area contributed by atoms with Gasteiger partial charge < -0.3 is 5.32 Å². The van der Waals surface area contributed by atoms with Crippen molar-refractivity contribution in [3.63, 3.8) is 0 Å². The number of carbonyl (C=O) groups excluding carboxylic acids is 2. The van der Waals surface area contributed by atoms with Gasteiger partial charge in [-0.25, -0.2) is 14.2 Å². The molecule has 0 aromatic heterocycles. The van der Waals surface area contributed by atoms with Crippen molar-refractivity contribution < 1.29 is 18.4 Å². The lowest BCUT2D eigenvalue weighted by molar-refractivity contribution is -0.120. The topological polar surface area (TPSA) is 70.6 Å². The van der Waals surface area contributed by atoms with E-state index in [9.17, 15) is 18.4 Å². The van der Waals surface area contributed by atoms with Gasteiger partial charge in [-0.3, -0.25) is 9.59 Å². The summed E-state index contributed by atoms with van der Waals surface area (Å²) in [5.74, 6) is -2.01. The summed E-state index contributed by atoms with van der Waals surface area (Å²) >= 11 is 0. The molecule has 2 rings (SSSR count). The van der Waals surface area contributed by atoms with Crippen LogP contribution >= 0.6 is 0 Å². The maximum Gasteiger partial charge on any atom is 0.259 e. The van der Waals surface area contributed by atoms with Gasteiger partial charge in [-0.1, -0.05) is 18.2 Å². The van der Waals surface area contributed by atoms with Crippen LogP contribution < -0.4 is 10.7 Å². The normalized spacial score (nSPS) is 11.0. The number of amides is 2.